The Morgan fingerprint density at radius 2 is 2.05 bits per heavy atom. The van der Waals surface area contributed by atoms with Crippen LogP contribution in [0.2, 0.25) is 0 Å². The normalized spacial score (nSPS) is 20.4. The zero-order valence-corrected chi connectivity index (χ0v) is 12.5. The number of nitrogens with zero attached hydrogens (tertiary/aromatic N) is 1. The zero-order valence-electron chi connectivity index (χ0n) is 11.7. The highest BCUT2D eigenvalue weighted by Crippen LogP contribution is 2.28. The molecule has 1 aromatic carbocycles. The smallest absolute Gasteiger partial charge is 0.243 e. The molecule has 6 nitrogen and oxygen atoms in total. The number of rotatable bonds is 3. The molecule has 1 amide bonds. The lowest BCUT2D eigenvalue weighted by Crippen LogP contribution is -2.50. The van der Waals surface area contributed by atoms with Crippen LogP contribution in [0, 0.1) is 12.7 Å². The van der Waals surface area contributed by atoms with Gasteiger partial charge < -0.3 is 11.5 Å². The second-order valence-corrected chi connectivity index (χ2v) is 7.04. The third-order valence-electron chi connectivity index (χ3n) is 3.75. The van der Waals surface area contributed by atoms with Crippen molar-refractivity contribution < 1.29 is 17.6 Å². The summed E-state index contributed by atoms with van der Waals surface area (Å²) in [4.78, 5) is 11.2. The predicted octanol–water partition coefficient (Wildman–Crippen LogP) is 0.745. The number of sulfonamides is 1. The Labute approximate surface area is 123 Å². The third-order valence-corrected chi connectivity index (χ3v) is 5.63. The molecule has 0 bridgehead atoms. The number of carbonyl (C=O) groups is 1. The summed E-state index contributed by atoms with van der Waals surface area (Å²) in [6.07, 6.45) is 1.73. The van der Waals surface area contributed by atoms with Crippen LogP contribution < -0.4 is 11.5 Å². The number of halogens is 1. The number of benzene rings is 1. The highest BCUT2D eigenvalue weighted by atomic mass is 32.2. The lowest BCUT2D eigenvalue weighted by atomic mass is 10.0. The van der Waals surface area contributed by atoms with Crippen molar-refractivity contribution in [1.29, 1.82) is 0 Å². The first-order valence-electron chi connectivity index (χ1n) is 6.62. The van der Waals surface area contributed by atoms with Gasteiger partial charge in [-0.15, -0.1) is 0 Å². The van der Waals surface area contributed by atoms with Crippen LogP contribution in [0.15, 0.2) is 17.0 Å². The molecule has 1 aliphatic rings. The number of primary amides is 1. The first kappa shape index (κ1) is 15.7. The Morgan fingerprint density at radius 1 is 1.38 bits per heavy atom. The van der Waals surface area contributed by atoms with E-state index in [-0.39, 0.29) is 22.7 Å². The molecule has 0 aromatic heterocycles. The molecule has 1 heterocycles. The van der Waals surface area contributed by atoms with Crippen molar-refractivity contribution in [3.63, 3.8) is 0 Å². The number of carbonyl (C=O) groups excluding carboxylic acids is 1. The van der Waals surface area contributed by atoms with Crippen molar-refractivity contribution in [2.45, 2.75) is 37.1 Å². The summed E-state index contributed by atoms with van der Waals surface area (Å²) in [5.74, 6) is -1.39. The fourth-order valence-electron chi connectivity index (χ4n) is 2.44. The maximum atomic E-state index is 13.7. The summed E-state index contributed by atoms with van der Waals surface area (Å²) >= 11 is 0. The molecule has 1 aromatic rings. The number of anilines is 1. The number of nitrogens with two attached hydrogens (primary N) is 2. The Hall–Kier alpha value is -1.67. The molecule has 1 fully saturated rings. The topological polar surface area (TPSA) is 106 Å². The fourth-order valence-corrected chi connectivity index (χ4v) is 4.15. The SMILES string of the molecule is Cc1c(N)cc(S(=O)(=O)N2CCCCC2C(N)=O)cc1F. The quantitative estimate of drug-likeness (QED) is 0.802. The molecule has 0 saturated carbocycles. The summed E-state index contributed by atoms with van der Waals surface area (Å²) in [6.45, 7) is 1.65. The van der Waals surface area contributed by atoms with Gasteiger partial charge in [-0.3, -0.25) is 4.79 Å². The van der Waals surface area contributed by atoms with Crippen molar-refractivity contribution in [2.75, 3.05) is 12.3 Å². The summed E-state index contributed by atoms with van der Waals surface area (Å²) in [7, 11) is -4.01. The van der Waals surface area contributed by atoms with Gasteiger partial charge in [-0.1, -0.05) is 6.42 Å². The van der Waals surface area contributed by atoms with Crippen LogP contribution in [0.5, 0.6) is 0 Å². The second kappa shape index (κ2) is 5.61. The average molecular weight is 315 g/mol. The van der Waals surface area contributed by atoms with Crippen LogP contribution in [-0.4, -0.2) is 31.2 Å². The maximum Gasteiger partial charge on any atom is 0.243 e. The largest absolute Gasteiger partial charge is 0.398 e. The minimum Gasteiger partial charge on any atom is -0.398 e. The molecule has 2 rings (SSSR count). The summed E-state index contributed by atoms with van der Waals surface area (Å²) in [6, 6.07) is 1.24. The van der Waals surface area contributed by atoms with E-state index in [0.717, 1.165) is 16.8 Å². The molecule has 21 heavy (non-hydrogen) atoms. The summed E-state index contributed by atoms with van der Waals surface area (Å²) < 4.78 is 40.0. The first-order valence-corrected chi connectivity index (χ1v) is 8.06. The molecule has 1 saturated heterocycles. The van der Waals surface area contributed by atoms with Gasteiger partial charge in [0, 0.05) is 17.8 Å². The van der Waals surface area contributed by atoms with Crippen molar-refractivity contribution in [3.8, 4) is 0 Å². The van der Waals surface area contributed by atoms with E-state index in [4.69, 9.17) is 11.5 Å². The molecule has 0 radical (unpaired) electrons. The standard InChI is InChI=1S/C13H18FN3O3S/c1-8-10(14)6-9(7-11(8)15)21(19,20)17-5-3-2-4-12(17)13(16)18/h6-7,12H,2-5,15H2,1H3,(H2,16,18). The van der Waals surface area contributed by atoms with Crippen molar-refractivity contribution in [3.05, 3.63) is 23.5 Å². The predicted molar refractivity (Wildman–Crippen MR) is 76.3 cm³/mol. The van der Waals surface area contributed by atoms with E-state index in [2.05, 4.69) is 0 Å². The van der Waals surface area contributed by atoms with Gasteiger partial charge in [0.25, 0.3) is 0 Å². The molecule has 8 heteroatoms. The molecule has 116 valence electrons. The molecule has 1 aliphatic heterocycles. The molecule has 0 aliphatic carbocycles. The van der Waals surface area contributed by atoms with Gasteiger partial charge in [0.1, 0.15) is 11.9 Å². The number of nitrogen functional groups attached to an aromatic ring is 1. The van der Waals surface area contributed by atoms with E-state index >= 15 is 0 Å². The number of piperidine rings is 1. The molecule has 4 N–H and O–H groups in total. The van der Waals surface area contributed by atoms with Gasteiger partial charge in [-0.2, -0.15) is 4.31 Å². The van der Waals surface area contributed by atoms with Crippen molar-refractivity contribution in [2.24, 2.45) is 5.73 Å². The highest BCUT2D eigenvalue weighted by molar-refractivity contribution is 7.89. The molecule has 1 atom stereocenters. The van der Waals surface area contributed by atoms with Gasteiger partial charge >= 0.3 is 0 Å². The molecular weight excluding hydrogens is 297 g/mol. The lowest BCUT2D eigenvalue weighted by Gasteiger charge is -2.32. The van der Waals surface area contributed by atoms with Crippen LogP contribution in [0.25, 0.3) is 0 Å². The van der Waals surface area contributed by atoms with E-state index in [1.54, 1.807) is 0 Å². The Bertz CT molecular complexity index is 652. The van der Waals surface area contributed by atoms with Crippen LogP contribution in [0.3, 0.4) is 0 Å². The number of amides is 1. The fraction of sp³-hybridized carbons (Fsp3) is 0.462. The van der Waals surface area contributed by atoms with E-state index < -0.39 is 27.8 Å². The Morgan fingerprint density at radius 3 is 2.62 bits per heavy atom. The molecule has 0 spiro atoms. The third kappa shape index (κ3) is 2.86. The zero-order chi connectivity index (χ0) is 15.8. The van der Waals surface area contributed by atoms with E-state index in [9.17, 15) is 17.6 Å². The van der Waals surface area contributed by atoms with E-state index in [1.807, 2.05) is 0 Å². The van der Waals surface area contributed by atoms with Crippen LogP contribution in [0.4, 0.5) is 10.1 Å². The number of hydrogen-bond donors (Lipinski definition) is 2. The summed E-state index contributed by atoms with van der Waals surface area (Å²) in [5, 5.41) is 0. The maximum absolute atomic E-state index is 13.7. The van der Waals surface area contributed by atoms with E-state index in [0.29, 0.717) is 12.8 Å². The minimum absolute atomic E-state index is 0.0567. The van der Waals surface area contributed by atoms with Gasteiger partial charge in [0.2, 0.25) is 15.9 Å². The molecule has 1 unspecified atom stereocenters. The van der Waals surface area contributed by atoms with Crippen LogP contribution in [0.1, 0.15) is 24.8 Å². The number of hydrogen-bond acceptors (Lipinski definition) is 4. The van der Waals surface area contributed by atoms with Crippen LogP contribution >= 0.6 is 0 Å². The Balaban J connectivity index is 2.48. The van der Waals surface area contributed by atoms with Gasteiger partial charge in [0.15, 0.2) is 0 Å². The lowest BCUT2D eigenvalue weighted by molar-refractivity contribution is -0.122. The van der Waals surface area contributed by atoms with Crippen LogP contribution in [-0.2, 0) is 14.8 Å². The van der Waals surface area contributed by atoms with E-state index in [1.165, 1.54) is 13.0 Å². The van der Waals surface area contributed by atoms with Gasteiger partial charge in [0.05, 0.1) is 4.90 Å². The summed E-state index contributed by atoms with van der Waals surface area (Å²) in [5.41, 5.74) is 11.2. The Kier molecular flexibility index (Phi) is 4.20. The van der Waals surface area contributed by atoms with Crippen molar-refractivity contribution in [1.82, 2.24) is 4.31 Å². The van der Waals surface area contributed by atoms with Crippen molar-refractivity contribution >= 4 is 21.6 Å². The first-order chi connectivity index (χ1) is 9.75. The monoisotopic (exact) mass is 315 g/mol. The minimum atomic E-state index is -4.01. The van der Waals surface area contributed by atoms with Gasteiger partial charge in [-0.05, 0) is 31.9 Å². The highest BCUT2D eigenvalue weighted by Gasteiger charge is 2.37. The second-order valence-electron chi connectivity index (χ2n) is 5.15. The molecular formula is C13H18FN3O3S. The average Bonchev–Trinajstić information content (AvgIpc) is 2.44. The van der Waals surface area contributed by atoms with Gasteiger partial charge in [-0.25, -0.2) is 12.8 Å².